The molecule has 2 aromatic carbocycles. The van der Waals surface area contributed by atoms with Crippen molar-refractivity contribution in [2.45, 2.75) is 4.33 Å². The standard InChI is InChI=1S/C19H14Cl2F2O4/c20-19(21)13(9-26-17(24)11-5-1-3-7-15(11)22)14(19)10-27-18(25)12-6-2-4-8-16(12)23/h1-8,13-14H,9-10H2/t13-,14-/m0/s1. The van der Waals surface area contributed by atoms with E-state index in [1.54, 1.807) is 0 Å². The molecule has 0 saturated heterocycles. The van der Waals surface area contributed by atoms with Crippen molar-refractivity contribution in [3.63, 3.8) is 0 Å². The summed E-state index contributed by atoms with van der Waals surface area (Å²) < 4.78 is 36.0. The monoisotopic (exact) mass is 414 g/mol. The lowest BCUT2D eigenvalue weighted by Gasteiger charge is -2.06. The Labute approximate surface area is 164 Å². The number of hydrogen-bond acceptors (Lipinski definition) is 4. The molecule has 2 atom stereocenters. The van der Waals surface area contributed by atoms with Gasteiger partial charge in [-0.2, -0.15) is 0 Å². The van der Waals surface area contributed by atoms with Gasteiger partial charge < -0.3 is 9.47 Å². The number of halogens is 4. The Kier molecular flexibility index (Phi) is 5.67. The fraction of sp³-hybridized carbons (Fsp3) is 0.263. The van der Waals surface area contributed by atoms with Crippen LogP contribution < -0.4 is 0 Å². The molecule has 0 amide bonds. The summed E-state index contributed by atoms with van der Waals surface area (Å²) in [6.07, 6.45) is 0. The zero-order chi connectivity index (χ0) is 19.6. The molecule has 8 heteroatoms. The van der Waals surface area contributed by atoms with Gasteiger partial charge in [-0.25, -0.2) is 18.4 Å². The first-order valence-electron chi connectivity index (χ1n) is 8.03. The number of carbonyl (C=O) groups excluding carboxylic acids is 2. The third-order valence-corrected chi connectivity index (χ3v) is 5.46. The molecule has 0 unspecified atom stereocenters. The number of alkyl halides is 2. The molecule has 2 aromatic rings. The van der Waals surface area contributed by atoms with Crippen LogP contribution in [0.15, 0.2) is 48.5 Å². The van der Waals surface area contributed by atoms with E-state index >= 15 is 0 Å². The Hall–Kier alpha value is -2.18. The summed E-state index contributed by atoms with van der Waals surface area (Å²) in [5.74, 6) is -4.07. The van der Waals surface area contributed by atoms with Gasteiger partial charge in [0, 0.05) is 11.8 Å². The first kappa shape index (κ1) is 19.6. The van der Waals surface area contributed by atoms with Crippen LogP contribution in [0.2, 0.25) is 0 Å². The highest BCUT2D eigenvalue weighted by Crippen LogP contribution is 2.59. The molecule has 0 aromatic heterocycles. The smallest absolute Gasteiger partial charge is 0.341 e. The van der Waals surface area contributed by atoms with Gasteiger partial charge in [0.1, 0.15) is 16.0 Å². The summed E-state index contributed by atoms with van der Waals surface area (Å²) in [7, 11) is 0. The summed E-state index contributed by atoms with van der Waals surface area (Å²) in [5, 5.41) is 0. The molecule has 142 valence electrons. The largest absolute Gasteiger partial charge is 0.462 e. The maximum absolute atomic E-state index is 13.6. The molecule has 27 heavy (non-hydrogen) atoms. The molecule has 1 aliphatic carbocycles. The Balaban J connectivity index is 1.53. The average Bonchev–Trinajstić information content (AvgIpc) is 3.17. The number of esters is 2. The van der Waals surface area contributed by atoms with Gasteiger partial charge in [-0.15, -0.1) is 23.2 Å². The quantitative estimate of drug-likeness (QED) is 0.519. The zero-order valence-electron chi connectivity index (χ0n) is 13.8. The van der Waals surface area contributed by atoms with Crippen LogP contribution in [-0.4, -0.2) is 29.5 Å². The van der Waals surface area contributed by atoms with E-state index in [-0.39, 0.29) is 24.3 Å². The lowest BCUT2D eigenvalue weighted by Crippen LogP contribution is -2.12. The van der Waals surface area contributed by atoms with E-state index in [1.165, 1.54) is 36.4 Å². The normalized spacial score (nSPS) is 20.0. The van der Waals surface area contributed by atoms with E-state index in [1.807, 2.05) is 0 Å². The van der Waals surface area contributed by atoms with Crippen molar-refractivity contribution in [2.24, 2.45) is 11.8 Å². The van der Waals surface area contributed by atoms with Gasteiger partial charge in [-0.1, -0.05) is 24.3 Å². The fourth-order valence-corrected chi connectivity index (χ4v) is 3.39. The molecule has 1 fully saturated rings. The average molecular weight is 415 g/mol. The zero-order valence-corrected chi connectivity index (χ0v) is 15.3. The van der Waals surface area contributed by atoms with Crippen LogP contribution in [0.25, 0.3) is 0 Å². The van der Waals surface area contributed by atoms with E-state index < -0.39 is 39.7 Å². The van der Waals surface area contributed by atoms with E-state index in [9.17, 15) is 18.4 Å². The Morgan fingerprint density at radius 3 is 1.56 bits per heavy atom. The molecule has 0 N–H and O–H groups in total. The first-order chi connectivity index (χ1) is 12.8. The molecule has 1 saturated carbocycles. The summed E-state index contributed by atoms with van der Waals surface area (Å²) in [4.78, 5) is 23.9. The van der Waals surface area contributed by atoms with Crippen molar-refractivity contribution in [3.05, 3.63) is 71.3 Å². The maximum atomic E-state index is 13.6. The SMILES string of the molecule is O=C(OC[C@H]1[C@H](COC(=O)c2ccccc2F)C1(Cl)Cl)c1ccccc1F. The minimum absolute atomic E-state index is 0.165. The minimum atomic E-state index is -1.26. The molecular formula is C19H14Cl2F2O4. The third-order valence-electron chi connectivity index (χ3n) is 4.34. The fourth-order valence-electron chi connectivity index (χ4n) is 2.66. The summed E-state index contributed by atoms with van der Waals surface area (Å²) in [6.45, 7) is -0.329. The molecule has 0 aliphatic heterocycles. The van der Waals surface area contributed by atoms with Crippen LogP contribution in [0, 0.1) is 23.5 Å². The summed E-state index contributed by atoms with van der Waals surface area (Å²) in [5.41, 5.74) is -0.397. The lowest BCUT2D eigenvalue weighted by atomic mass is 10.2. The summed E-state index contributed by atoms with van der Waals surface area (Å²) >= 11 is 12.3. The van der Waals surface area contributed by atoms with E-state index in [0.717, 1.165) is 12.1 Å². The second-order valence-corrected chi connectivity index (χ2v) is 7.49. The molecule has 4 nitrogen and oxygen atoms in total. The van der Waals surface area contributed by atoms with Crippen LogP contribution in [-0.2, 0) is 9.47 Å². The Morgan fingerprint density at radius 1 is 0.815 bits per heavy atom. The van der Waals surface area contributed by atoms with Crippen molar-refractivity contribution in [3.8, 4) is 0 Å². The van der Waals surface area contributed by atoms with E-state index in [0.29, 0.717) is 0 Å². The van der Waals surface area contributed by atoms with Crippen molar-refractivity contribution < 1.29 is 27.8 Å². The van der Waals surface area contributed by atoms with Gasteiger partial charge in [0.15, 0.2) is 0 Å². The first-order valence-corrected chi connectivity index (χ1v) is 8.79. The molecule has 3 rings (SSSR count). The topological polar surface area (TPSA) is 52.6 Å². The molecule has 0 bridgehead atoms. The van der Waals surface area contributed by atoms with Crippen molar-refractivity contribution >= 4 is 35.1 Å². The number of benzene rings is 2. The predicted octanol–water partition coefficient (Wildman–Crippen LogP) is 4.40. The van der Waals surface area contributed by atoms with Gasteiger partial charge in [0.25, 0.3) is 0 Å². The highest BCUT2D eigenvalue weighted by Gasteiger charge is 2.64. The molecule has 1 aliphatic rings. The Morgan fingerprint density at radius 2 is 1.19 bits per heavy atom. The van der Waals surface area contributed by atoms with Crippen molar-refractivity contribution in [1.29, 1.82) is 0 Å². The van der Waals surface area contributed by atoms with Crippen LogP contribution in [0.1, 0.15) is 20.7 Å². The van der Waals surface area contributed by atoms with Crippen LogP contribution in [0.5, 0.6) is 0 Å². The number of hydrogen-bond donors (Lipinski definition) is 0. The van der Waals surface area contributed by atoms with Gasteiger partial charge in [0.05, 0.1) is 24.3 Å². The molecule has 0 radical (unpaired) electrons. The van der Waals surface area contributed by atoms with E-state index in [4.69, 9.17) is 32.7 Å². The molecule has 0 heterocycles. The highest BCUT2D eigenvalue weighted by molar-refractivity contribution is 6.51. The second kappa shape index (κ2) is 7.82. The Bertz CT molecular complexity index is 803. The molecule has 0 spiro atoms. The van der Waals surface area contributed by atoms with Crippen molar-refractivity contribution in [1.82, 2.24) is 0 Å². The predicted molar refractivity (Wildman–Crippen MR) is 94.8 cm³/mol. The second-order valence-electron chi connectivity index (χ2n) is 6.04. The lowest BCUT2D eigenvalue weighted by molar-refractivity contribution is 0.0413. The number of ether oxygens (including phenoxy) is 2. The van der Waals surface area contributed by atoms with Crippen molar-refractivity contribution in [2.75, 3.05) is 13.2 Å². The van der Waals surface area contributed by atoms with Gasteiger partial charge in [-0.05, 0) is 24.3 Å². The summed E-state index contributed by atoms with van der Waals surface area (Å²) in [6, 6.07) is 10.8. The van der Waals surface area contributed by atoms with Gasteiger partial charge in [-0.3, -0.25) is 0 Å². The maximum Gasteiger partial charge on any atom is 0.341 e. The third kappa shape index (κ3) is 4.22. The van der Waals surface area contributed by atoms with E-state index in [2.05, 4.69) is 0 Å². The van der Waals surface area contributed by atoms with Crippen LogP contribution in [0.3, 0.4) is 0 Å². The van der Waals surface area contributed by atoms with Crippen LogP contribution >= 0.6 is 23.2 Å². The number of carbonyl (C=O) groups is 2. The van der Waals surface area contributed by atoms with Gasteiger partial charge >= 0.3 is 11.9 Å². The van der Waals surface area contributed by atoms with Gasteiger partial charge in [0.2, 0.25) is 0 Å². The van der Waals surface area contributed by atoms with Crippen LogP contribution in [0.4, 0.5) is 8.78 Å². The highest BCUT2D eigenvalue weighted by atomic mass is 35.5. The number of rotatable bonds is 6. The molecular weight excluding hydrogens is 401 g/mol. The minimum Gasteiger partial charge on any atom is -0.462 e.